The van der Waals surface area contributed by atoms with Gasteiger partial charge in [0.05, 0.1) is 6.61 Å². The minimum Gasteiger partial charge on any atom is -0.465 e. The molecule has 2 heterocycles. The molecule has 0 radical (unpaired) electrons. The monoisotopic (exact) mass is 263 g/mol. The molecule has 2 N–H and O–H groups in total. The Morgan fingerprint density at radius 2 is 2.37 bits per heavy atom. The lowest BCUT2D eigenvalue weighted by Gasteiger charge is -2.33. The van der Waals surface area contributed by atoms with Crippen molar-refractivity contribution in [2.24, 2.45) is 0 Å². The summed E-state index contributed by atoms with van der Waals surface area (Å²) in [6.07, 6.45) is 4.85. The van der Waals surface area contributed by atoms with Gasteiger partial charge in [0.1, 0.15) is 11.9 Å². The van der Waals surface area contributed by atoms with Gasteiger partial charge in [0.15, 0.2) is 0 Å². The third kappa shape index (κ3) is 3.67. The Morgan fingerprint density at radius 1 is 1.53 bits per heavy atom. The second kappa shape index (κ2) is 6.52. The Labute approximate surface area is 113 Å². The molecule has 2 rings (SSSR count). The second-order valence-corrected chi connectivity index (χ2v) is 4.83. The SMILES string of the molecule is CCOC(=O)C1CCCCN1Cc1ccc(N)nc1. The number of nitrogen functional groups attached to an aromatic ring is 1. The van der Waals surface area contributed by atoms with Crippen molar-refractivity contribution in [1.29, 1.82) is 0 Å². The first kappa shape index (κ1) is 13.8. The summed E-state index contributed by atoms with van der Waals surface area (Å²) in [5.74, 6) is 0.412. The molecule has 1 aromatic rings. The number of aromatic nitrogens is 1. The lowest BCUT2D eigenvalue weighted by atomic mass is 10.0. The highest BCUT2D eigenvalue weighted by Crippen LogP contribution is 2.20. The molecule has 1 atom stereocenters. The molecule has 1 unspecified atom stereocenters. The fraction of sp³-hybridized carbons (Fsp3) is 0.571. The van der Waals surface area contributed by atoms with Gasteiger partial charge in [-0.15, -0.1) is 0 Å². The van der Waals surface area contributed by atoms with E-state index in [-0.39, 0.29) is 12.0 Å². The maximum absolute atomic E-state index is 12.0. The van der Waals surface area contributed by atoms with Gasteiger partial charge in [-0.2, -0.15) is 0 Å². The number of carbonyl (C=O) groups excluding carboxylic acids is 1. The molecule has 5 nitrogen and oxygen atoms in total. The van der Waals surface area contributed by atoms with E-state index in [1.165, 1.54) is 0 Å². The van der Waals surface area contributed by atoms with Gasteiger partial charge >= 0.3 is 5.97 Å². The molecule has 1 aromatic heterocycles. The summed E-state index contributed by atoms with van der Waals surface area (Å²) in [6, 6.07) is 3.63. The van der Waals surface area contributed by atoms with Crippen molar-refractivity contribution in [3.63, 3.8) is 0 Å². The van der Waals surface area contributed by atoms with Crippen LogP contribution >= 0.6 is 0 Å². The largest absolute Gasteiger partial charge is 0.465 e. The molecule has 0 saturated carbocycles. The van der Waals surface area contributed by atoms with Crippen LogP contribution in [-0.2, 0) is 16.1 Å². The maximum Gasteiger partial charge on any atom is 0.323 e. The van der Waals surface area contributed by atoms with E-state index in [2.05, 4.69) is 9.88 Å². The fourth-order valence-corrected chi connectivity index (χ4v) is 2.45. The first-order valence-electron chi connectivity index (χ1n) is 6.82. The third-order valence-corrected chi connectivity index (χ3v) is 3.41. The second-order valence-electron chi connectivity index (χ2n) is 4.83. The zero-order valence-electron chi connectivity index (χ0n) is 11.3. The minimum absolute atomic E-state index is 0.106. The summed E-state index contributed by atoms with van der Waals surface area (Å²) in [6.45, 7) is 3.92. The summed E-state index contributed by atoms with van der Waals surface area (Å²) in [4.78, 5) is 18.2. The molecule has 1 aliphatic rings. The Kier molecular flexibility index (Phi) is 4.74. The fourth-order valence-electron chi connectivity index (χ4n) is 2.45. The zero-order valence-corrected chi connectivity index (χ0v) is 11.3. The van der Waals surface area contributed by atoms with E-state index in [9.17, 15) is 4.79 Å². The number of nitrogens with zero attached hydrogens (tertiary/aromatic N) is 2. The molecule has 0 aliphatic carbocycles. The Hall–Kier alpha value is -1.62. The van der Waals surface area contributed by atoms with Crippen LogP contribution in [0.2, 0.25) is 0 Å². The molecule has 1 aliphatic heterocycles. The normalized spacial score (nSPS) is 20.2. The van der Waals surface area contributed by atoms with Gasteiger partial charge in [-0.1, -0.05) is 12.5 Å². The molecule has 1 fully saturated rings. The van der Waals surface area contributed by atoms with E-state index in [0.29, 0.717) is 12.4 Å². The highest BCUT2D eigenvalue weighted by atomic mass is 16.5. The van der Waals surface area contributed by atoms with Crippen molar-refractivity contribution in [2.45, 2.75) is 38.8 Å². The number of piperidine rings is 1. The number of hydrogen-bond acceptors (Lipinski definition) is 5. The maximum atomic E-state index is 12.0. The van der Waals surface area contributed by atoms with Gasteiger partial charge in [0.25, 0.3) is 0 Å². The number of rotatable bonds is 4. The number of likely N-dealkylation sites (tertiary alicyclic amines) is 1. The van der Waals surface area contributed by atoms with E-state index in [4.69, 9.17) is 10.5 Å². The molecule has 0 bridgehead atoms. The van der Waals surface area contributed by atoms with Gasteiger partial charge in [-0.3, -0.25) is 9.69 Å². The van der Waals surface area contributed by atoms with Crippen LogP contribution in [0.5, 0.6) is 0 Å². The molecular formula is C14H21N3O2. The molecule has 5 heteroatoms. The van der Waals surface area contributed by atoms with E-state index < -0.39 is 0 Å². The Morgan fingerprint density at radius 3 is 3.05 bits per heavy atom. The number of nitrogens with two attached hydrogens (primary N) is 1. The van der Waals surface area contributed by atoms with Gasteiger partial charge in [-0.05, 0) is 37.9 Å². The number of pyridine rings is 1. The summed E-state index contributed by atoms with van der Waals surface area (Å²) in [5.41, 5.74) is 6.65. The van der Waals surface area contributed by atoms with E-state index >= 15 is 0 Å². The molecule has 0 aromatic carbocycles. The van der Waals surface area contributed by atoms with Crippen molar-refractivity contribution in [3.05, 3.63) is 23.9 Å². The lowest BCUT2D eigenvalue weighted by molar-refractivity contribution is -0.151. The van der Waals surface area contributed by atoms with Gasteiger partial charge in [0, 0.05) is 12.7 Å². The molecule has 104 valence electrons. The number of anilines is 1. The molecule has 0 spiro atoms. The van der Waals surface area contributed by atoms with Crippen LogP contribution in [0.1, 0.15) is 31.7 Å². The number of hydrogen-bond donors (Lipinski definition) is 1. The summed E-state index contributed by atoms with van der Waals surface area (Å²) in [5, 5.41) is 0. The number of ether oxygens (including phenoxy) is 1. The Bertz CT molecular complexity index is 419. The molecule has 1 saturated heterocycles. The standard InChI is InChI=1S/C14H21N3O2/c1-2-19-14(18)12-5-3-4-8-17(12)10-11-6-7-13(15)16-9-11/h6-7,9,12H,2-5,8,10H2,1H3,(H2,15,16). The minimum atomic E-state index is -0.119. The van der Waals surface area contributed by atoms with E-state index in [1.54, 1.807) is 12.3 Å². The van der Waals surface area contributed by atoms with Gasteiger partial charge in [0.2, 0.25) is 0 Å². The predicted molar refractivity (Wildman–Crippen MR) is 73.3 cm³/mol. The Balaban J connectivity index is 2.03. The first-order chi connectivity index (χ1) is 9.20. The first-order valence-corrected chi connectivity index (χ1v) is 6.82. The molecule has 19 heavy (non-hydrogen) atoms. The highest BCUT2D eigenvalue weighted by Gasteiger charge is 2.29. The third-order valence-electron chi connectivity index (χ3n) is 3.41. The zero-order chi connectivity index (χ0) is 13.7. The predicted octanol–water partition coefficient (Wildman–Crippen LogP) is 1.58. The van der Waals surface area contributed by atoms with E-state index in [0.717, 1.165) is 37.9 Å². The van der Waals surface area contributed by atoms with Gasteiger partial charge < -0.3 is 10.5 Å². The van der Waals surface area contributed by atoms with Crippen molar-refractivity contribution in [2.75, 3.05) is 18.9 Å². The highest BCUT2D eigenvalue weighted by molar-refractivity contribution is 5.75. The van der Waals surface area contributed by atoms with Crippen LogP contribution in [0.4, 0.5) is 5.82 Å². The number of esters is 1. The van der Waals surface area contributed by atoms with E-state index in [1.807, 2.05) is 13.0 Å². The van der Waals surface area contributed by atoms with Crippen LogP contribution in [0, 0.1) is 0 Å². The van der Waals surface area contributed by atoms with Gasteiger partial charge in [-0.25, -0.2) is 4.98 Å². The topological polar surface area (TPSA) is 68.5 Å². The van der Waals surface area contributed by atoms with Crippen LogP contribution in [0.15, 0.2) is 18.3 Å². The van der Waals surface area contributed by atoms with Crippen LogP contribution in [0.25, 0.3) is 0 Å². The average Bonchev–Trinajstić information content (AvgIpc) is 2.42. The molecule has 0 amide bonds. The lowest BCUT2D eigenvalue weighted by Crippen LogP contribution is -2.44. The van der Waals surface area contributed by atoms with Crippen LogP contribution in [-0.4, -0.2) is 35.0 Å². The van der Waals surface area contributed by atoms with Crippen LogP contribution < -0.4 is 5.73 Å². The molecular weight excluding hydrogens is 242 g/mol. The van der Waals surface area contributed by atoms with Crippen LogP contribution in [0.3, 0.4) is 0 Å². The summed E-state index contributed by atoms with van der Waals surface area (Å²) >= 11 is 0. The van der Waals surface area contributed by atoms with Crippen molar-refractivity contribution < 1.29 is 9.53 Å². The average molecular weight is 263 g/mol. The number of carbonyl (C=O) groups is 1. The van der Waals surface area contributed by atoms with Crippen molar-refractivity contribution in [3.8, 4) is 0 Å². The van der Waals surface area contributed by atoms with Crippen molar-refractivity contribution in [1.82, 2.24) is 9.88 Å². The van der Waals surface area contributed by atoms with Crippen molar-refractivity contribution >= 4 is 11.8 Å². The summed E-state index contributed by atoms with van der Waals surface area (Å²) < 4.78 is 5.15. The smallest absolute Gasteiger partial charge is 0.323 e. The summed E-state index contributed by atoms with van der Waals surface area (Å²) in [7, 11) is 0. The quantitative estimate of drug-likeness (QED) is 0.835.